The summed E-state index contributed by atoms with van der Waals surface area (Å²) in [6.07, 6.45) is -7.54. The van der Waals surface area contributed by atoms with Gasteiger partial charge in [-0.3, -0.25) is 0 Å². The minimum atomic E-state index is -4.92. The maximum absolute atomic E-state index is 13.6. The van der Waals surface area contributed by atoms with Crippen LogP contribution in [0.15, 0.2) is 42.5 Å². The number of alkyl halides is 6. The second-order valence-electron chi connectivity index (χ2n) is 9.58. The zero-order valence-electron chi connectivity index (χ0n) is 19.3. The van der Waals surface area contributed by atoms with E-state index >= 15 is 0 Å². The number of likely N-dealkylation sites (tertiary alicyclic amines) is 1. The molecule has 0 radical (unpaired) electrons. The highest BCUT2D eigenvalue weighted by atomic mass is 19.4. The van der Waals surface area contributed by atoms with E-state index < -0.39 is 35.7 Å². The summed E-state index contributed by atoms with van der Waals surface area (Å²) in [4.78, 5) is 2.37. The maximum atomic E-state index is 13.6. The van der Waals surface area contributed by atoms with Crippen molar-refractivity contribution in [3.05, 3.63) is 70.5 Å². The Morgan fingerprint density at radius 3 is 2.00 bits per heavy atom. The van der Waals surface area contributed by atoms with Crippen LogP contribution in [0.5, 0.6) is 0 Å². The van der Waals surface area contributed by atoms with E-state index in [4.69, 9.17) is 4.74 Å². The van der Waals surface area contributed by atoms with Crippen molar-refractivity contribution in [1.29, 1.82) is 0 Å². The molecule has 0 aromatic heterocycles. The summed E-state index contributed by atoms with van der Waals surface area (Å²) in [6.45, 7) is 4.31. The van der Waals surface area contributed by atoms with Crippen molar-refractivity contribution in [2.75, 3.05) is 19.6 Å². The molecule has 1 saturated carbocycles. The van der Waals surface area contributed by atoms with E-state index in [0.29, 0.717) is 6.42 Å². The zero-order valence-corrected chi connectivity index (χ0v) is 19.3. The average Bonchev–Trinajstić information content (AvgIpc) is 3.43. The summed E-state index contributed by atoms with van der Waals surface area (Å²) in [6, 6.07) is 7.68. The molecule has 1 aliphatic heterocycles. The van der Waals surface area contributed by atoms with Gasteiger partial charge in [0.1, 0.15) is 5.82 Å². The number of rotatable bonds is 6. The fourth-order valence-electron chi connectivity index (χ4n) is 5.42. The lowest BCUT2D eigenvalue weighted by atomic mass is 9.87. The van der Waals surface area contributed by atoms with Gasteiger partial charge in [0.15, 0.2) is 0 Å². The van der Waals surface area contributed by atoms with Crippen LogP contribution < -0.4 is 0 Å². The summed E-state index contributed by atoms with van der Waals surface area (Å²) in [5.74, 6) is -0.313. The first-order valence-electron chi connectivity index (χ1n) is 11.8. The van der Waals surface area contributed by atoms with Gasteiger partial charge in [0.2, 0.25) is 0 Å². The minimum absolute atomic E-state index is 0.124. The normalized spacial score (nSPS) is 24.7. The number of ether oxygens (including phenoxy) is 1. The zero-order chi connectivity index (χ0) is 25.4. The molecule has 2 fully saturated rings. The van der Waals surface area contributed by atoms with Gasteiger partial charge >= 0.3 is 12.4 Å². The van der Waals surface area contributed by atoms with Crippen LogP contribution in [0.3, 0.4) is 0 Å². The number of hydrogen-bond donors (Lipinski definition) is 0. The van der Waals surface area contributed by atoms with Crippen LogP contribution >= 0.6 is 0 Å². The van der Waals surface area contributed by atoms with Gasteiger partial charge in [-0.25, -0.2) is 4.39 Å². The molecule has 2 aliphatic rings. The number of halogens is 7. The van der Waals surface area contributed by atoms with Gasteiger partial charge in [0.25, 0.3) is 0 Å². The molecule has 1 aliphatic carbocycles. The van der Waals surface area contributed by atoms with E-state index in [9.17, 15) is 30.7 Å². The highest BCUT2D eigenvalue weighted by Crippen LogP contribution is 2.45. The highest BCUT2D eigenvalue weighted by Gasteiger charge is 2.41. The molecule has 1 saturated heterocycles. The van der Waals surface area contributed by atoms with E-state index in [1.54, 1.807) is 12.1 Å². The lowest BCUT2D eigenvalue weighted by Crippen LogP contribution is -2.31. The summed E-state index contributed by atoms with van der Waals surface area (Å²) in [5, 5.41) is 0. The first kappa shape index (κ1) is 25.9. The van der Waals surface area contributed by atoms with Crippen LogP contribution in [0, 0.1) is 11.7 Å². The Balaban J connectivity index is 1.60. The monoisotopic (exact) mass is 503 g/mol. The van der Waals surface area contributed by atoms with Crippen LogP contribution in [0.25, 0.3) is 0 Å². The third-order valence-corrected chi connectivity index (χ3v) is 7.14. The van der Waals surface area contributed by atoms with Crippen molar-refractivity contribution in [1.82, 2.24) is 4.90 Å². The largest absolute Gasteiger partial charge is 0.416 e. The molecule has 4 atom stereocenters. The summed E-state index contributed by atoms with van der Waals surface area (Å²) >= 11 is 0. The third-order valence-electron chi connectivity index (χ3n) is 7.14. The molecule has 2 nitrogen and oxygen atoms in total. The number of benzene rings is 2. The van der Waals surface area contributed by atoms with Gasteiger partial charge in [-0.2, -0.15) is 26.3 Å². The predicted octanol–water partition coefficient (Wildman–Crippen LogP) is 7.60. The molecular weight excluding hydrogens is 475 g/mol. The van der Waals surface area contributed by atoms with Crippen molar-refractivity contribution in [2.45, 2.75) is 63.1 Å². The minimum Gasteiger partial charge on any atom is -0.370 e. The Bertz CT molecular complexity index is 964. The van der Waals surface area contributed by atoms with Gasteiger partial charge in [0, 0.05) is 12.5 Å². The molecule has 2 aromatic rings. The Morgan fingerprint density at radius 1 is 0.886 bits per heavy atom. The second kappa shape index (κ2) is 10.1. The van der Waals surface area contributed by atoms with Crippen molar-refractivity contribution >= 4 is 0 Å². The topological polar surface area (TPSA) is 12.5 Å². The quantitative estimate of drug-likeness (QED) is 0.377. The van der Waals surface area contributed by atoms with E-state index in [1.165, 1.54) is 19.1 Å². The predicted molar refractivity (Wildman–Crippen MR) is 117 cm³/mol. The number of hydrogen-bond acceptors (Lipinski definition) is 2. The molecule has 0 amide bonds. The van der Waals surface area contributed by atoms with Gasteiger partial charge in [0.05, 0.1) is 23.3 Å². The van der Waals surface area contributed by atoms with Crippen molar-refractivity contribution in [2.24, 2.45) is 5.92 Å². The molecule has 0 spiro atoms. The van der Waals surface area contributed by atoms with Crippen molar-refractivity contribution in [3.8, 4) is 0 Å². The van der Waals surface area contributed by atoms with Gasteiger partial charge < -0.3 is 9.64 Å². The van der Waals surface area contributed by atoms with E-state index in [-0.39, 0.29) is 29.3 Å². The average molecular weight is 504 g/mol. The maximum Gasteiger partial charge on any atom is 0.416 e. The lowest BCUT2D eigenvalue weighted by Gasteiger charge is -2.30. The van der Waals surface area contributed by atoms with Gasteiger partial charge in [-0.15, -0.1) is 0 Å². The van der Waals surface area contributed by atoms with Crippen LogP contribution in [0.4, 0.5) is 30.7 Å². The van der Waals surface area contributed by atoms with E-state index in [2.05, 4.69) is 4.90 Å². The molecule has 0 N–H and O–H groups in total. The van der Waals surface area contributed by atoms with Crippen LogP contribution in [-0.4, -0.2) is 30.6 Å². The molecule has 3 unspecified atom stereocenters. The van der Waals surface area contributed by atoms with Crippen LogP contribution in [0.2, 0.25) is 0 Å². The molecule has 0 bridgehead atoms. The molecule has 192 valence electrons. The van der Waals surface area contributed by atoms with Gasteiger partial charge in [-0.05, 0) is 93.1 Å². The lowest BCUT2D eigenvalue weighted by molar-refractivity contribution is -0.143. The summed E-state index contributed by atoms with van der Waals surface area (Å²) in [5.41, 5.74) is -2.02. The first-order valence-corrected chi connectivity index (χ1v) is 11.8. The molecule has 1 heterocycles. The SMILES string of the molecule is C[C@H](OC1CCC(CN2CCCC2)C1c1ccc(F)cc1)c1cc(C(F)(F)F)cc(C(F)(F)F)c1. The number of nitrogens with zero attached hydrogens (tertiary/aromatic N) is 1. The van der Waals surface area contributed by atoms with Crippen LogP contribution in [-0.2, 0) is 17.1 Å². The van der Waals surface area contributed by atoms with Gasteiger partial charge in [-0.1, -0.05) is 12.1 Å². The third kappa shape index (κ3) is 6.17. The molecule has 2 aromatic carbocycles. The van der Waals surface area contributed by atoms with Crippen molar-refractivity contribution < 1.29 is 35.5 Å². The molecule has 4 rings (SSSR count). The first-order chi connectivity index (χ1) is 16.4. The fraction of sp³-hybridized carbons (Fsp3) is 0.538. The molecule has 9 heteroatoms. The second-order valence-corrected chi connectivity index (χ2v) is 9.58. The Labute approximate surface area is 200 Å². The molecule has 35 heavy (non-hydrogen) atoms. The standard InChI is InChI=1S/C26H28F7NO/c1-16(19-12-20(25(28,29)30)14-21(13-19)26(31,32)33)35-23-9-6-18(15-34-10-2-3-11-34)24(23)17-4-7-22(27)8-5-17/h4-5,7-8,12-14,16,18,23-24H,2-3,6,9-11,15H2,1H3/t16-,18?,23?,24?/m0/s1. The Morgan fingerprint density at radius 2 is 1.46 bits per heavy atom. The van der Waals surface area contributed by atoms with Crippen LogP contribution in [0.1, 0.15) is 66.9 Å². The van der Waals surface area contributed by atoms with Crippen molar-refractivity contribution in [3.63, 3.8) is 0 Å². The van der Waals surface area contributed by atoms with E-state index in [1.807, 2.05) is 0 Å². The Kier molecular flexibility index (Phi) is 7.48. The summed E-state index contributed by atoms with van der Waals surface area (Å²) < 4.78 is 99.7. The Hall–Kier alpha value is -2.13. The fourth-order valence-corrected chi connectivity index (χ4v) is 5.42. The smallest absolute Gasteiger partial charge is 0.370 e. The summed E-state index contributed by atoms with van der Waals surface area (Å²) in [7, 11) is 0. The highest BCUT2D eigenvalue weighted by molar-refractivity contribution is 5.35. The van der Waals surface area contributed by atoms with E-state index in [0.717, 1.165) is 56.6 Å². The molecular formula is C26H28F7NO.